The summed E-state index contributed by atoms with van der Waals surface area (Å²) in [6.45, 7) is 3.32. The number of fused-ring (bicyclic) bond motifs is 1. The second kappa shape index (κ2) is 8.43. The number of benzene rings is 2. The van der Waals surface area contributed by atoms with Gasteiger partial charge in [-0.15, -0.1) is 0 Å². The normalized spacial score (nSPS) is 12.1. The number of anilines is 1. The number of nitrogens with zero attached hydrogens (tertiary/aromatic N) is 5. The molecular formula is C25H21FN6O2. The average Bonchev–Trinajstić information content (AvgIpc) is 3.50. The molecule has 0 fully saturated rings. The zero-order valence-electron chi connectivity index (χ0n) is 18.5. The van der Waals surface area contributed by atoms with E-state index in [9.17, 15) is 14.0 Å². The number of halogens is 1. The Morgan fingerprint density at radius 1 is 1.00 bits per heavy atom. The second-order valence-corrected chi connectivity index (χ2v) is 7.90. The van der Waals surface area contributed by atoms with Gasteiger partial charge in [-0.05, 0) is 56.3 Å². The van der Waals surface area contributed by atoms with Gasteiger partial charge in [0, 0.05) is 18.1 Å². The van der Waals surface area contributed by atoms with Crippen molar-refractivity contribution < 1.29 is 9.18 Å². The summed E-state index contributed by atoms with van der Waals surface area (Å²) < 4.78 is 18.2. The van der Waals surface area contributed by atoms with Crippen molar-refractivity contribution in [2.24, 2.45) is 0 Å². The summed E-state index contributed by atoms with van der Waals surface area (Å²) in [4.78, 5) is 26.6. The Morgan fingerprint density at radius 3 is 2.44 bits per heavy atom. The van der Waals surface area contributed by atoms with Crippen LogP contribution < -0.4 is 10.9 Å². The Bertz CT molecular complexity index is 1550. The van der Waals surface area contributed by atoms with Crippen LogP contribution in [0.2, 0.25) is 0 Å². The van der Waals surface area contributed by atoms with Crippen LogP contribution in [0.5, 0.6) is 0 Å². The smallest absolute Gasteiger partial charge is 0.280 e. The maximum Gasteiger partial charge on any atom is 0.280 e. The Labute approximate surface area is 193 Å². The van der Waals surface area contributed by atoms with Crippen molar-refractivity contribution >= 4 is 22.5 Å². The summed E-state index contributed by atoms with van der Waals surface area (Å²) in [5.74, 6) is -0.409. The molecule has 0 saturated carbocycles. The molecule has 1 unspecified atom stereocenters. The van der Waals surface area contributed by atoms with Crippen LogP contribution in [0.1, 0.15) is 18.7 Å². The first-order valence-electron chi connectivity index (χ1n) is 10.7. The third-order valence-corrected chi connectivity index (χ3v) is 5.57. The summed E-state index contributed by atoms with van der Waals surface area (Å²) in [5, 5.41) is 12.1. The van der Waals surface area contributed by atoms with Crippen LogP contribution in [-0.4, -0.2) is 30.0 Å². The zero-order valence-corrected chi connectivity index (χ0v) is 18.5. The van der Waals surface area contributed by atoms with Crippen LogP contribution in [-0.2, 0) is 4.79 Å². The van der Waals surface area contributed by atoms with E-state index in [0.29, 0.717) is 28.1 Å². The number of carbonyl (C=O) groups excluding carboxylic acids is 1. The van der Waals surface area contributed by atoms with Gasteiger partial charge in [-0.1, -0.05) is 24.3 Å². The maximum atomic E-state index is 13.7. The lowest BCUT2D eigenvalue weighted by Crippen LogP contribution is -2.34. The standard InChI is InChI=1S/C25H21FN6O2/c1-16-22-21(24(30-13-6-7-14-30)32(29-22)20-11-4-3-5-12-20)25(34)31(28-16)17(2)23(33)27-19-10-8-9-18(26)15-19/h3-15,17H,1-2H3,(H,27,33). The fraction of sp³-hybridized carbons (Fsp3) is 0.120. The van der Waals surface area contributed by atoms with Crippen molar-refractivity contribution in [3.63, 3.8) is 0 Å². The largest absolute Gasteiger partial charge is 0.324 e. The fourth-order valence-electron chi connectivity index (χ4n) is 3.88. The maximum absolute atomic E-state index is 13.7. The van der Waals surface area contributed by atoms with Crippen molar-refractivity contribution in [3.05, 3.63) is 101 Å². The van der Waals surface area contributed by atoms with Crippen LogP contribution in [0.4, 0.5) is 10.1 Å². The molecule has 1 atom stereocenters. The number of aromatic nitrogens is 5. The third-order valence-electron chi connectivity index (χ3n) is 5.57. The molecule has 3 aromatic heterocycles. The minimum atomic E-state index is -0.948. The van der Waals surface area contributed by atoms with Gasteiger partial charge < -0.3 is 9.88 Å². The van der Waals surface area contributed by atoms with Gasteiger partial charge in [0.15, 0.2) is 5.82 Å². The summed E-state index contributed by atoms with van der Waals surface area (Å²) >= 11 is 0. The quantitative estimate of drug-likeness (QED) is 0.433. The molecule has 34 heavy (non-hydrogen) atoms. The van der Waals surface area contributed by atoms with Gasteiger partial charge in [0.05, 0.1) is 11.4 Å². The molecule has 0 saturated heterocycles. The minimum Gasteiger partial charge on any atom is -0.324 e. The van der Waals surface area contributed by atoms with Gasteiger partial charge >= 0.3 is 0 Å². The van der Waals surface area contributed by atoms with E-state index in [1.54, 1.807) is 24.6 Å². The molecule has 0 bridgehead atoms. The molecule has 0 aliphatic heterocycles. The molecule has 9 heteroatoms. The predicted octanol–water partition coefficient (Wildman–Crippen LogP) is 4.02. The van der Waals surface area contributed by atoms with E-state index >= 15 is 0 Å². The summed E-state index contributed by atoms with van der Waals surface area (Å²) in [7, 11) is 0. The SMILES string of the molecule is Cc1nn(C(C)C(=O)Nc2cccc(F)c2)c(=O)c2c(-n3cccc3)n(-c3ccccc3)nc12. The van der Waals surface area contributed by atoms with Gasteiger partial charge in [-0.25, -0.2) is 13.8 Å². The number of carbonyl (C=O) groups is 1. The van der Waals surface area contributed by atoms with E-state index in [-0.39, 0.29) is 0 Å². The van der Waals surface area contributed by atoms with Gasteiger partial charge in [-0.3, -0.25) is 9.59 Å². The summed E-state index contributed by atoms with van der Waals surface area (Å²) in [6.07, 6.45) is 3.66. The zero-order chi connectivity index (χ0) is 23.8. The first-order valence-corrected chi connectivity index (χ1v) is 10.7. The lowest BCUT2D eigenvalue weighted by atomic mass is 10.2. The number of aryl methyl sites for hydroxylation is 1. The molecular weight excluding hydrogens is 435 g/mol. The molecule has 170 valence electrons. The first kappa shape index (κ1) is 21.3. The Balaban J connectivity index is 1.67. The average molecular weight is 456 g/mol. The lowest BCUT2D eigenvalue weighted by Gasteiger charge is -2.15. The monoisotopic (exact) mass is 456 g/mol. The van der Waals surface area contributed by atoms with Crippen LogP contribution in [0, 0.1) is 12.7 Å². The molecule has 2 aromatic carbocycles. The Hall–Kier alpha value is -4.53. The Kier molecular flexibility index (Phi) is 5.29. The number of hydrogen-bond donors (Lipinski definition) is 1. The molecule has 3 heterocycles. The highest BCUT2D eigenvalue weighted by Crippen LogP contribution is 2.25. The van der Waals surface area contributed by atoms with Crippen molar-refractivity contribution in [1.29, 1.82) is 0 Å². The number of amides is 1. The summed E-state index contributed by atoms with van der Waals surface area (Å²) in [5.41, 5.74) is 1.58. The van der Waals surface area contributed by atoms with Crippen LogP contribution >= 0.6 is 0 Å². The molecule has 1 amide bonds. The molecule has 0 aliphatic carbocycles. The van der Waals surface area contributed by atoms with Crippen molar-refractivity contribution in [1.82, 2.24) is 24.1 Å². The molecule has 0 spiro atoms. The van der Waals surface area contributed by atoms with E-state index in [1.807, 2.05) is 59.4 Å². The van der Waals surface area contributed by atoms with Crippen LogP contribution in [0.15, 0.2) is 83.9 Å². The van der Waals surface area contributed by atoms with E-state index < -0.39 is 23.3 Å². The van der Waals surface area contributed by atoms with Gasteiger partial charge in [0.25, 0.3) is 5.56 Å². The molecule has 1 N–H and O–H groups in total. The first-order chi connectivity index (χ1) is 16.4. The van der Waals surface area contributed by atoms with E-state index in [2.05, 4.69) is 10.4 Å². The van der Waals surface area contributed by atoms with Crippen molar-refractivity contribution in [3.8, 4) is 11.5 Å². The molecule has 8 nitrogen and oxygen atoms in total. The highest BCUT2D eigenvalue weighted by atomic mass is 19.1. The third kappa shape index (κ3) is 3.66. The molecule has 0 aliphatic rings. The van der Waals surface area contributed by atoms with E-state index in [0.717, 1.165) is 10.4 Å². The fourth-order valence-corrected chi connectivity index (χ4v) is 3.88. The van der Waals surface area contributed by atoms with Crippen molar-refractivity contribution in [2.45, 2.75) is 19.9 Å². The van der Waals surface area contributed by atoms with E-state index in [1.165, 1.54) is 18.2 Å². The Morgan fingerprint density at radius 2 is 1.74 bits per heavy atom. The van der Waals surface area contributed by atoms with E-state index in [4.69, 9.17) is 5.10 Å². The number of para-hydroxylation sites is 1. The summed E-state index contributed by atoms with van der Waals surface area (Å²) in [6, 6.07) is 17.8. The molecule has 0 radical (unpaired) electrons. The topological polar surface area (TPSA) is 86.7 Å². The predicted molar refractivity (Wildman–Crippen MR) is 127 cm³/mol. The number of hydrogen-bond acceptors (Lipinski definition) is 4. The molecule has 5 rings (SSSR count). The lowest BCUT2D eigenvalue weighted by molar-refractivity contribution is -0.119. The highest BCUT2D eigenvalue weighted by molar-refractivity contribution is 5.94. The highest BCUT2D eigenvalue weighted by Gasteiger charge is 2.25. The number of nitrogens with one attached hydrogen (secondary N) is 1. The molecule has 5 aromatic rings. The van der Waals surface area contributed by atoms with Gasteiger partial charge in [0.2, 0.25) is 5.91 Å². The second-order valence-electron chi connectivity index (χ2n) is 7.90. The van der Waals surface area contributed by atoms with Crippen LogP contribution in [0.3, 0.4) is 0 Å². The van der Waals surface area contributed by atoms with Crippen molar-refractivity contribution in [2.75, 3.05) is 5.32 Å². The van der Waals surface area contributed by atoms with Gasteiger partial charge in [0.1, 0.15) is 22.8 Å². The van der Waals surface area contributed by atoms with Gasteiger partial charge in [-0.2, -0.15) is 10.2 Å². The minimum absolute atomic E-state index is 0.299. The van der Waals surface area contributed by atoms with Crippen LogP contribution in [0.25, 0.3) is 22.4 Å². The number of rotatable bonds is 5.